The van der Waals surface area contributed by atoms with Gasteiger partial charge >= 0.3 is 0 Å². The lowest BCUT2D eigenvalue weighted by Crippen LogP contribution is -2.32. The molecule has 1 aliphatic rings. The van der Waals surface area contributed by atoms with E-state index >= 15 is 0 Å². The molecular weight excluding hydrogens is 226 g/mol. The molecule has 1 atom stereocenters. The van der Waals surface area contributed by atoms with Crippen LogP contribution in [0.5, 0.6) is 0 Å². The Hall–Kier alpha value is -0.800. The van der Waals surface area contributed by atoms with Gasteiger partial charge in [-0.25, -0.2) is 0 Å². The van der Waals surface area contributed by atoms with Crippen LogP contribution in [0, 0.1) is 5.92 Å². The number of furan rings is 1. The minimum Gasteiger partial charge on any atom is -0.462 e. The van der Waals surface area contributed by atoms with Gasteiger partial charge in [-0.15, -0.1) is 0 Å². The quantitative estimate of drug-likeness (QED) is 0.790. The summed E-state index contributed by atoms with van der Waals surface area (Å²) in [6.07, 6.45) is 8.28. The second kappa shape index (κ2) is 6.95. The summed E-state index contributed by atoms with van der Waals surface area (Å²) in [7, 11) is 0. The molecule has 1 aliphatic carbocycles. The molecule has 0 bridgehead atoms. The van der Waals surface area contributed by atoms with Gasteiger partial charge in [-0.3, -0.25) is 0 Å². The van der Waals surface area contributed by atoms with Crippen LogP contribution in [-0.4, -0.2) is 11.1 Å². The van der Waals surface area contributed by atoms with Crippen LogP contribution in [0.3, 0.4) is 0 Å². The third-order valence-corrected chi connectivity index (χ3v) is 4.08. The van der Waals surface area contributed by atoms with Crippen molar-refractivity contribution in [2.24, 2.45) is 5.92 Å². The largest absolute Gasteiger partial charge is 0.462 e. The van der Waals surface area contributed by atoms with E-state index in [0.717, 1.165) is 18.2 Å². The summed E-state index contributed by atoms with van der Waals surface area (Å²) in [5.41, 5.74) is 0. The van der Waals surface area contributed by atoms with Crippen LogP contribution in [0.2, 0.25) is 0 Å². The average Bonchev–Trinajstić information content (AvgIpc) is 2.68. The molecule has 0 spiro atoms. The second-order valence-electron chi connectivity index (χ2n) is 5.45. The molecule has 2 N–H and O–H groups in total. The van der Waals surface area contributed by atoms with E-state index in [0.29, 0.717) is 11.8 Å². The number of rotatable bonds is 5. The van der Waals surface area contributed by atoms with E-state index in [1.54, 1.807) is 0 Å². The third-order valence-electron chi connectivity index (χ3n) is 4.08. The van der Waals surface area contributed by atoms with Crippen LogP contribution in [-0.2, 0) is 13.2 Å². The summed E-state index contributed by atoms with van der Waals surface area (Å²) < 4.78 is 5.48. The molecule has 3 heteroatoms. The molecule has 0 aromatic carbocycles. The zero-order valence-corrected chi connectivity index (χ0v) is 11.3. The number of aliphatic hydroxyl groups excluding tert-OH is 1. The molecule has 0 amide bonds. The molecule has 0 unspecified atom stereocenters. The van der Waals surface area contributed by atoms with Crippen molar-refractivity contribution in [2.45, 2.75) is 64.6 Å². The number of hydrogen-bond donors (Lipinski definition) is 2. The Kier molecular flexibility index (Phi) is 5.26. The fourth-order valence-corrected chi connectivity index (χ4v) is 2.84. The normalized spacial score (nSPS) is 19.7. The third kappa shape index (κ3) is 3.85. The number of aliphatic hydroxyl groups is 1. The van der Waals surface area contributed by atoms with Crippen LogP contribution in [0.4, 0.5) is 0 Å². The van der Waals surface area contributed by atoms with Gasteiger partial charge in [-0.1, -0.05) is 25.7 Å². The van der Waals surface area contributed by atoms with E-state index in [9.17, 15) is 0 Å². The van der Waals surface area contributed by atoms with Crippen molar-refractivity contribution < 1.29 is 9.52 Å². The Balaban J connectivity index is 1.77. The first-order valence-electron chi connectivity index (χ1n) is 7.21. The molecule has 0 aliphatic heterocycles. The van der Waals surface area contributed by atoms with Crippen molar-refractivity contribution in [1.29, 1.82) is 0 Å². The Morgan fingerprint density at radius 1 is 1.22 bits per heavy atom. The molecule has 1 fully saturated rings. The molecule has 1 heterocycles. The van der Waals surface area contributed by atoms with Crippen molar-refractivity contribution in [1.82, 2.24) is 5.32 Å². The molecule has 1 aromatic rings. The van der Waals surface area contributed by atoms with Gasteiger partial charge in [0.2, 0.25) is 0 Å². The van der Waals surface area contributed by atoms with Crippen molar-refractivity contribution in [3.63, 3.8) is 0 Å². The highest BCUT2D eigenvalue weighted by Gasteiger charge is 2.18. The van der Waals surface area contributed by atoms with Crippen molar-refractivity contribution >= 4 is 0 Å². The molecule has 102 valence electrons. The number of hydrogen-bond acceptors (Lipinski definition) is 3. The molecular formula is C15H25NO2. The Bertz CT molecular complexity index is 340. The lowest BCUT2D eigenvalue weighted by atomic mass is 9.93. The van der Waals surface area contributed by atoms with Gasteiger partial charge in [0.25, 0.3) is 0 Å². The zero-order chi connectivity index (χ0) is 12.8. The van der Waals surface area contributed by atoms with E-state index < -0.39 is 0 Å². The zero-order valence-electron chi connectivity index (χ0n) is 11.3. The highest BCUT2D eigenvalue weighted by atomic mass is 16.4. The van der Waals surface area contributed by atoms with E-state index in [1.165, 1.54) is 38.5 Å². The predicted molar refractivity (Wildman–Crippen MR) is 72.1 cm³/mol. The van der Waals surface area contributed by atoms with Crippen LogP contribution in [0.25, 0.3) is 0 Å². The minimum atomic E-state index is -0.0157. The first kappa shape index (κ1) is 13.6. The average molecular weight is 251 g/mol. The first-order valence-corrected chi connectivity index (χ1v) is 7.21. The van der Waals surface area contributed by atoms with Gasteiger partial charge in [-0.05, 0) is 37.8 Å². The van der Waals surface area contributed by atoms with Crippen LogP contribution in [0.1, 0.15) is 57.0 Å². The van der Waals surface area contributed by atoms with Gasteiger partial charge in [0.1, 0.15) is 18.1 Å². The monoisotopic (exact) mass is 251 g/mol. The summed E-state index contributed by atoms with van der Waals surface area (Å²) in [5, 5.41) is 12.5. The van der Waals surface area contributed by atoms with Crippen LogP contribution in [0.15, 0.2) is 16.5 Å². The maximum absolute atomic E-state index is 8.95. The maximum atomic E-state index is 8.95. The Morgan fingerprint density at radius 3 is 2.50 bits per heavy atom. The van der Waals surface area contributed by atoms with Gasteiger partial charge in [0.05, 0.1) is 6.54 Å². The van der Waals surface area contributed by atoms with Crippen LogP contribution < -0.4 is 5.32 Å². The summed E-state index contributed by atoms with van der Waals surface area (Å²) >= 11 is 0. The lowest BCUT2D eigenvalue weighted by molar-refractivity contribution is 0.241. The highest BCUT2D eigenvalue weighted by molar-refractivity contribution is 5.06. The van der Waals surface area contributed by atoms with Gasteiger partial charge in [-0.2, -0.15) is 0 Å². The van der Waals surface area contributed by atoms with Gasteiger partial charge in [0, 0.05) is 6.04 Å². The van der Waals surface area contributed by atoms with Crippen LogP contribution >= 0.6 is 0 Å². The Labute approximate surface area is 110 Å². The van der Waals surface area contributed by atoms with Crippen molar-refractivity contribution in [3.05, 3.63) is 23.7 Å². The molecule has 1 aromatic heterocycles. The molecule has 1 saturated carbocycles. The van der Waals surface area contributed by atoms with Gasteiger partial charge < -0.3 is 14.8 Å². The molecule has 0 radical (unpaired) electrons. The molecule has 18 heavy (non-hydrogen) atoms. The van der Waals surface area contributed by atoms with Crippen molar-refractivity contribution in [3.8, 4) is 0 Å². The highest BCUT2D eigenvalue weighted by Crippen LogP contribution is 2.25. The minimum absolute atomic E-state index is 0.0157. The predicted octanol–water partition coefficient (Wildman–Crippen LogP) is 3.22. The summed E-state index contributed by atoms with van der Waals surface area (Å²) in [4.78, 5) is 0. The van der Waals surface area contributed by atoms with E-state index in [2.05, 4.69) is 12.2 Å². The summed E-state index contributed by atoms with van der Waals surface area (Å²) in [5.74, 6) is 2.37. The second-order valence-corrected chi connectivity index (χ2v) is 5.45. The maximum Gasteiger partial charge on any atom is 0.129 e. The summed E-state index contributed by atoms with van der Waals surface area (Å²) in [6.45, 7) is 3.03. The first-order chi connectivity index (χ1) is 8.79. The summed E-state index contributed by atoms with van der Waals surface area (Å²) in [6, 6.07) is 4.33. The molecule has 3 nitrogen and oxygen atoms in total. The molecule has 2 rings (SSSR count). The van der Waals surface area contributed by atoms with E-state index in [1.807, 2.05) is 12.1 Å². The number of nitrogens with one attached hydrogen (secondary N) is 1. The van der Waals surface area contributed by atoms with E-state index in [-0.39, 0.29) is 6.61 Å². The fourth-order valence-electron chi connectivity index (χ4n) is 2.84. The Morgan fingerprint density at radius 2 is 1.89 bits per heavy atom. The van der Waals surface area contributed by atoms with Crippen molar-refractivity contribution in [2.75, 3.05) is 0 Å². The van der Waals surface area contributed by atoms with E-state index in [4.69, 9.17) is 9.52 Å². The molecule has 0 saturated heterocycles. The standard InChI is InChI=1S/C15H25NO2/c1-12(13-6-4-2-3-5-7-13)16-10-14-8-9-15(11-17)18-14/h8-9,12-13,16-17H,2-7,10-11H2,1H3/t12-/m1/s1. The smallest absolute Gasteiger partial charge is 0.129 e. The SMILES string of the molecule is C[C@@H](NCc1ccc(CO)o1)C1CCCCCC1. The van der Waals surface area contributed by atoms with Gasteiger partial charge in [0.15, 0.2) is 0 Å². The fraction of sp³-hybridized carbons (Fsp3) is 0.733. The topological polar surface area (TPSA) is 45.4 Å². The lowest BCUT2D eigenvalue weighted by Gasteiger charge is -2.23.